The minimum atomic E-state index is -3.56. The Labute approximate surface area is 114 Å². The summed E-state index contributed by atoms with van der Waals surface area (Å²) in [6.07, 6.45) is 7.28. The number of H-pyrrole nitrogens is 1. The van der Waals surface area contributed by atoms with Crippen molar-refractivity contribution < 1.29 is 8.42 Å². The van der Waals surface area contributed by atoms with Gasteiger partial charge in [-0.1, -0.05) is 19.3 Å². The Hall–Kier alpha value is -0.920. The van der Waals surface area contributed by atoms with Crippen LogP contribution in [-0.4, -0.2) is 24.7 Å². The van der Waals surface area contributed by atoms with E-state index < -0.39 is 10.0 Å². The van der Waals surface area contributed by atoms with Crippen LogP contribution in [0.2, 0.25) is 0 Å². The molecule has 1 aliphatic carbocycles. The van der Waals surface area contributed by atoms with E-state index in [1.165, 1.54) is 25.5 Å². The van der Waals surface area contributed by atoms with E-state index in [1.54, 1.807) is 0 Å². The van der Waals surface area contributed by atoms with Gasteiger partial charge in [-0.2, -0.15) is 5.10 Å². The highest BCUT2D eigenvalue weighted by Crippen LogP contribution is 2.27. The number of hydrogen-bond acceptors (Lipinski definition) is 4. The molecule has 0 aliphatic heterocycles. The molecule has 1 aliphatic rings. The van der Waals surface area contributed by atoms with E-state index >= 15 is 0 Å². The monoisotopic (exact) mass is 286 g/mol. The molecule has 1 atom stereocenters. The van der Waals surface area contributed by atoms with E-state index in [0.29, 0.717) is 11.5 Å². The molecule has 0 bridgehead atoms. The summed E-state index contributed by atoms with van der Waals surface area (Å²) >= 11 is 0. The normalized spacial score (nSPS) is 19.5. The van der Waals surface area contributed by atoms with E-state index in [2.05, 4.69) is 14.9 Å². The van der Waals surface area contributed by atoms with E-state index in [1.807, 2.05) is 6.92 Å². The Kier molecular flexibility index (Phi) is 4.59. The number of nitrogens with zero attached hydrogens (tertiary/aromatic N) is 1. The van der Waals surface area contributed by atoms with E-state index in [-0.39, 0.29) is 17.6 Å². The summed E-state index contributed by atoms with van der Waals surface area (Å²) < 4.78 is 27.3. The van der Waals surface area contributed by atoms with Gasteiger partial charge >= 0.3 is 0 Å². The summed E-state index contributed by atoms with van der Waals surface area (Å²) in [5, 5.41) is 6.37. The summed E-state index contributed by atoms with van der Waals surface area (Å²) in [6.45, 7) is 2.09. The fourth-order valence-corrected chi connectivity index (χ4v) is 4.17. The highest BCUT2D eigenvalue weighted by Gasteiger charge is 2.27. The van der Waals surface area contributed by atoms with Crippen LogP contribution in [0.3, 0.4) is 0 Å². The van der Waals surface area contributed by atoms with Crippen LogP contribution >= 0.6 is 0 Å². The van der Waals surface area contributed by atoms with Gasteiger partial charge in [0.1, 0.15) is 0 Å². The third-order valence-electron chi connectivity index (χ3n) is 3.86. The molecule has 1 heterocycles. The van der Waals surface area contributed by atoms with Crippen molar-refractivity contribution in [2.75, 3.05) is 0 Å². The summed E-state index contributed by atoms with van der Waals surface area (Å²) in [5.74, 6) is 0.424. The third kappa shape index (κ3) is 3.34. The maximum Gasteiger partial charge on any atom is 0.258 e. The number of rotatable bonds is 5. The Bertz CT molecular complexity index is 506. The molecule has 1 saturated carbocycles. The molecule has 19 heavy (non-hydrogen) atoms. The quantitative estimate of drug-likeness (QED) is 0.755. The highest BCUT2D eigenvalue weighted by atomic mass is 32.2. The van der Waals surface area contributed by atoms with Crippen LogP contribution in [0.5, 0.6) is 0 Å². The van der Waals surface area contributed by atoms with Gasteiger partial charge in [-0.15, -0.1) is 0 Å². The molecular formula is C12H22N4O2S. The maximum absolute atomic E-state index is 12.3. The second-order valence-corrected chi connectivity index (χ2v) is 6.89. The van der Waals surface area contributed by atoms with E-state index in [4.69, 9.17) is 5.73 Å². The predicted molar refractivity (Wildman–Crippen MR) is 72.8 cm³/mol. The van der Waals surface area contributed by atoms with Gasteiger partial charge in [0.2, 0.25) is 0 Å². The van der Waals surface area contributed by atoms with Gasteiger partial charge in [-0.25, -0.2) is 13.1 Å². The van der Waals surface area contributed by atoms with Crippen molar-refractivity contribution in [3.63, 3.8) is 0 Å². The first kappa shape index (κ1) is 14.5. The molecule has 0 amide bonds. The molecule has 1 fully saturated rings. The molecule has 7 heteroatoms. The van der Waals surface area contributed by atoms with Gasteiger partial charge in [-0.3, -0.25) is 5.10 Å². The second-order valence-electron chi connectivity index (χ2n) is 5.24. The van der Waals surface area contributed by atoms with Crippen molar-refractivity contribution in [1.29, 1.82) is 0 Å². The second kappa shape index (κ2) is 6.02. The smallest absolute Gasteiger partial charge is 0.258 e. The summed E-state index contributed by atoms with van der Waals surface area (Å²) in [7, 11) is -3.56. The minimum Gasteiger partial charge on any atom is -0.326 e. The summed E-state index contributed by atoms with van der Waals surface area (Å²) in [5.41, 5.74) is 6.03. The molecule has 0 aromatic carbocycles. The van der Waals surface area contributed by atoms with Gasteiger partial charge in [0.15, 0.2) is 5.03 Å². The average Bonchev–Trinajstić information content (AvgIpc) is 2.88. The molecule has 6 nitrogen and oxygen atoms in total. The van der Waals surface area contributed by atoms with Gasteiger partial charge < -0.3 is 5.73 Å². The summed E-state index contributed by atoms with van der Waals surface area (Å²) in [4.78, 5) is 0. The lowest BCUT2D eigenvalue weighted by molar-refractivity contribution is 0.303. The molecular weight excluding hydrogens is 264 g/mol. The van der Waals surface area contributed by atoms with Crippen LogP contribution in [0, 0.1) is 5.92 Å². The van der Waals surface area contributed by atoms with Crippen LogP contribution in [0.4, 0.5) is 0 Å². The molecule has 1 unspecified atom stereocenters. The molecule has 0 radical (unpaired) electrons. The van der Waals surface area contributed by atoms with Crippen LogP contribution in [-0.2, 0) is 16.6 Å². The third-order valence-corrected chi connectivity index (χ3v) is 5.44. The predicted octanol–water partition coefficient (Wildman–Crippen LogP) is 1.12. The SMILES string of the molecule is CC(NS(=O)(=O)c1[nH]ncc1CN)C1CCCCC1. The van der Waals surface area contributed by atoms with Crippen LogP contribution in [0.15, 0.2) is 11.2 Å². The number of sulfonamides is 1. The van der Waals surface area contributed by atoms with Crippen molar-refractivity contribution in [1.82, 2.24) is 14.9 Å². The molecule has 1 aromatic rings. The largest absolute Gasteiger partial charge is 0.326 e. The first-order chi connectivity index (χ1) is 9.04. The molecule has 108 valence electrons. The van der Waals surface area contributed by atoms with E-state index in [9.17, 15) is 8.42 Å². The number of aromatic amines is 1. The lowest BCUT2D eigenvalue weighted by Gasteiger charge is -2.27. The van der Waals surface area contributed by atoms with Gasteiger partial charge in [-0.05, 0) is 25.7 Å². The van der Waals surface area contributed by atoms with Crippen molar-refractivity contribution in [3.8, 4) is 0 Å². The molecule has 0 saturated heterocycles. The Morgan fingerprint density at radius 3 is 2.79 bits per heavy atom. The topological polar surface area (TPSA) is 101 Å². The molecule has 4 N–H and O–H groups in total. The number of hydrogen-bond donors (Lipinski definition) is 3. The Morgan fingerprint density at radius 1 is 1.47 bits per heavy atom. The van der Waals surface area contributed by atoms with E-state index in [0.717, 1.165) is 12.8 Å². The van der Waals surface area contributed by atoms with Crippen molar-refractivity contribution in [3.05, 3.63) is 11.8 Å². The lowest BCUT2D eigenvalue weighted by Crippen LogP contribution is -2.39. The zero-order chi connectivity index (χ0) is 13.9. The van der Waals surface area contributed by atoms with Crippen LogP contribution < -0.4 is 10.5 Å². The average molecular weight is 286 g/mol. The standard InChI is InChI=1S/C12H22N4O2S/c1-9(10-5-3-2-4-6-10)16-19(17,18)12-11(7-13)8-14-15-12/h8-10,16H,2-7,13H2,1H3,(H,14,15). The van der Waals surface area contributed by atoms with Crippen molar-refractivity contribution in [2.45, 2.75) is 56.6 Å². The van der Waals surface area contributed by atoms with Crippen LogP contribution in [0.1, 0.15) is 44.6 Å². The Balaban J connectivity index is 2.08. The summed E-state index contributed by atoms with van der Waals surface area (Å²) in [6, 6.07) is -0.0563. The maximum atomic E-state index is 12.3. The lowest BCUT2D eigenvalue weighted by atomic mass is 9.85. The molecule has 1 aromatic heterocycles. The first-order valence-corrected chi connectivity index (χ1v) is 8.27. The first-order valence-electron chi connectivity index (χ1n) is 6.79. The fraction of sp³-hybridized carbons (Fsp3) is 0.750. The molecule has 2 rings (SSSR count). The Morgan fingerprint density at radius 2 is 2.16 bits per heavy atom. The minimum absolute atomic E-state index is 0.0563. The van der Waals surface area contributed by atoms with Gasteiger partial charge in [0, 0.05) is 18.2 Å². The van der Waals surface area contributed by atoms with Crippen molar-refractivity contribution in [2.24, 2.45) is 11.7 Å². The molecule has 0 spiro atoms. The zero-order valence-corrected chi connectivity index (χ0v) is 12.0. The van der Waals surface area contributed by atoms with Crippen LogP contribution in [0.25, 0.3) is 0 Å². The number of nitrogens with one attached hydrogen (secondary N) is 2. The zero-order valence-electron chi connectivity index (χ0n) is 11.2. The van der Waals surface area contributed by atoms with Gasteiger partial charge in [0.25, 0.3) is 10.0 Å². The van der Waals surface area contributed by atoms with Crippen molar-refractivity contribution >= 4 is 10.0 Å². The number of aromatic nitrogens is 2. The van der Waals surface area contributed by atoms with Gasteiger partial charge in [0.05, 0.1) is 6.20 Å². The number of nitrogens with two attached hydrogens (primary N) is 1. The fourth-order valence-electron chi connectivity index (χ4n) is 2.71. The highest BCUT2D eigenvalue weighted by molar-refractivity contribution is 7.89.